The Labute approximate surface area is 227 Å². The third kappa shape index (κ3) is 7.61. The highest BCUT2D eigenvalue weighted by atomic mass is 32.2. The van der Waals surface area contributed by atoms with Crippen molar-refractivity contribution in [2.75, 3.05) is 5.32 Å². The number of nitrogens with one attached hydrogen (secondary N) is 1. The van der Waals surface area contributed by atoms with Crippen LogP contribution >= 0.6 is 11.3 Å². The summed E-state index contributed by atoms with van der Waals surface area (Å²) in [4.78, 5) is 31.8. The van der Waals surface area contributed by atoms with Gasteiger partial charge in [0.1, 0.15) is 10.9 Å². The van der Waals surface area contributed by atoms with Crippen LogP contribution < -0.4 is 5.32 Å². The van der Waals surface area contributed by atoms with Gasteiger partial charge in [-0.05, 0) is 97.5 Å². The van der Waals surface area contributed by atoms with E-state index >= 15 is 0 Å². The van der Waals surface area contributed by atoms with E-state index in [0.29, 0.717) is 10.6 Å². The standard InChI is InChI=1S/C27H39N3O5S2/c1-16(2)30(26(32)33)20-11-8-18(9-12-20)24-28-15-22(36-24)21-13-10-19(14-23(21)37(34)17(3)4)29-25(31)35-27(5,6)7/h10,13-18,20H,8-9,11-12H2,1-7H3,(H,29,31)(H,32,33). The molecular weight excluding hydrogens is 510 g/mol. The molecule has 0 radical (unpaired) electrons. The Balaban J connectivity index is 1.79. The minimum Gasteiger partial charge on any atom is -0.611 e. The first-order valence-corrected chi connectivity index (χ1v) is 14.8. The van der Waals surface area contributed by atoms with Gasteiger partial charge in [-0.3, -0.25) is 5.32 Å². The molecule has 8 nitrogen and oxygen atoms in total. The van der Waals surface area contributed by atoms with Crippen LogP contribution in [0.2, 0.25) is 0 Å². The zero-order valence-electron chi connectivity index (χ0n) is 22.7. The number of rotatable bonds is 7. The van der Waals surface area contributed by atoms with E-state index in [0.717, 1.165) is 41.1 Å². The summed E-state index contributed by atoms with van der Waals surface area (Å²) in [6, 6.07) is 5.42. The number of hydrogen-bond acceptors (Lipinski definition) is 6. The third-order valence-electron chi connectivity index (χ3n) is 6.28. The van der Waals surface area contributed by atoms with Gasteiger partial charge in [0.25, 0.3) is 0 Å². The van der Waals surface area contributed by atoms with Gasteiger partial charge in [0.2, 0.25) is 0 Å². The molecule has 1 fully saturated rings. The van der Waals surface area contributed by atoms with Crippen LogP contribution in [-0.2, 0) is 15.9 Å². The van der Waals surface area contributed by atoms with Crippen LogP contribution in [0, 0.1) is 0 Å². The number of aromatic nitrogens is 1. The molecule has 2 amide bonds. The van der Waals surface area contributed by atoms with Crippen molar-refractivity contribution < 1.29 is 24.0 Å². The van der Waals surface area contributed by atoms with E-state index in [1.165, 1.54) is 0 Å². The Kier molecular flexibility index (Phi) is 9.52. The second-order valence-electron chi connectivity index (χ2n) is 11.0. The molecule has 204 valence electrons. The lowest BCUT2D eigenvalue weighted by atomic mass is 9.85. The van der Waals surface area contributed by atoms with E-state index in [9.17, 15) is 19.2 Å². The van der Waals surface area contributed by atoms with Gasteiger partial charge in [-0.15, -0.1) is 11.3 Å². The molecule has 2 aromatic rings. The molecule has 1 aromatic heterocycles. The van der Waals surface area contributed by atoms with Crippen molar-refractivity contribution in [3.63, 3.8) is 0 Å². The van der Waals surface area contributed by atoms with E-state index in [4.69, 9.17) is 9.72 Å². The van der Waals surface area contributed by atoms with E-state index in [-0.39, 0.29) is 23.3 Å². The van der Waals surface area contributed by atoms with Crippen LogP contribution in [0.25, 0.3) is 10.4 Å². The van der Waals surface area contributed by atoms with Crippen molar-refractivity contribution in [2.45, 2.75) is 108 Å². The number of amides is 2. The van der Waals surface area contributed by atoms with Crippen molar-refractivity contribution in [1.82, 2.24) is 9.88 Å². The van der Waals surface area contributed by atoms with Gasteiger partial charge in [0, 0.05) is 41.5 Å². The van der Waals surface area contributed by atoms with Crippen molar-refractivity contribution in [3.05, 3.63) is 29.4 Å². The summed E-state index contributed by atoms with van der Waals surface area (Å²) in [6.07, 6.45) is 3.83. The lowest BCUT2D eigenvalue weighted by Crippen LogP contribution is -2.45. The summed E-state index contributed by atoms with van der Waals surface area (Å²) in [5.41, 5.74) is 0.751. The summed E-state index contributed by atoms with van der Waals surface area (Å²) in [6.45, 7) is 13.0. The SMILES string of the molecule is CC(C)N(C(=O)O)C1CCC(c2ncc(-c3ccc(NC(=O)OC(C)(C)C)cc3[S+]([O-])C(C)C)s2)CC1. The number of nitrogens with zero attached hydrogens (tertiary/aromatic N) is 2. The van der Waals surface area contributed by atoms with Gasteiger partial charge >= 0.3 is 12.2 Å². The zero-order valence-corrected chi connectivity index (χ0v) is 24.4. The molecule has 1 aliphatic carbocycles. The quantitative estimate of drug-likeness (QED) is 0.356. The molecule has 0 spiro atoms. The predicted octanol–water partition coefficient (Wildman–Crippen LogP) is 7.09. The molecule has 1 aliphatic rings. The first kappa shape index (κ1) is 29.3. The molecular formula is C27H39N3O5S2. The molecule has 1 aromatic carbocycles. The van der Waals surface area contributed by atoms with Crippen LogP contribution in [0.1, 0.15) is 85.1 Å². The zero-order chi connectivity index (χ0) is 27.5. The smallest absolute Gasteiger partial charge is 0.412 e. The fraction of sp³-hybridized carbons (Fsp3) is 0.593. The highest BCUT2D eigenvalue weighted by Gasteiger charge is 2.32. The van der Waals surface area contributed by atoms with E-state index < -0.39 is 29.0 Å². The second-order valence-corrected chi connectivity index (χ2v) is 14.1. The lowest BCUT2D eigenvalue weighted by molar-refractivity contribution is 0.0635. The minimum absolute atomic E-state index is 0.0401. The number of thiazole rings is 1. The molecule has 0 bridgehead atoms. The monoisotopic (exact) mass is 549 g/mol. The Hall–Kier alpha value is -2.30. The molecule has 37 heavy (non-hydrogen) atoms. The summed E-state index contributed by atoms with van der Waals surface area (Å²) < 4.78 is 18.6. The first-order chi connectivity index (χ1) is 17.3. The molecule has 2 N–H and O–H groups in total. The number of carbonyl (C=O) groups excluding carboxylic acids is 1. The van der Waals surface area contributed by atoms with Crippen LogP contribution in [0.15, 0.2) is 29.3 Å². The van der Waals surface area contributed by atoms with E-state index in [2.05, 4.69) is 5.32 Å². The largest absolute Gasteiger partial charge is 0.611 e. The predicted molar refractivity (Wildman–Crippen MR) is 149 cm³/mol. The van der Waals surface area contributed by atoms with Crippen LogP contribution in [0.4, 0.5) is 15.3 Å². The Morgan fingerprint density at radius 2 is 1.84 bits per heavy atom. The molecule has 1 atom stereocenters. The molecule has 3 rings (SSSR count). The molecule has 1 saturated carbocycles. The fourth-order valence-electron chi connectivity index (χ4n) is 4.65. The number of anilines is 1. The number of benzene rings is 1. The van der Waals surface area contributed by atoms with Gasteiger partial charge in [-0.2, -0.15) is 0 Å². The Morgan fingerprint density at radius 3 is 2.38 bits per heavy atom. The molecule has 1 heterocycles. The van der Waals surface area contributed by atoms with E-state index in [1.54, 1.807) is 49.1 Å². The van der Waals surface area contributed by atoms with E-state index in [1.807, 2.05) is 40.0 Å². The van der Waals surface area contributed by atoms with Gasteiger partial charge < -0.3 is 19.3 Å². The second kappa shape index (κ2) is 12.0. The maximum Gasteiger partial charge on any atom is 0.412 e. The summed E-state index contributed by atoms with van der Waals surface area (Å²) >= 11 is 0.318. The topological polar surface area (TPSA) is 115 Å². The number of carbonyl (C=O) groups is 2. The summed E-state index contributed by atoms with van der Waals surface area (Å²) in [5.74, 6) is 0.282. The van der Waals surface area contributed by atoms with Crippen LogP contribution in [-0.4, -0.2) is 54.7 Å². The fourth-order valence-corrected chi connectivity index (χ4v) is 6.98. The van der Waals surface area contributed by atoms with Crippen LogP contribution in [0.3, 0.4) is 0 Å². The van der Waals surface area contributed by atoms with Gasteiger partial charge in [0.15, 0.2) is 4.90 Å². The third-order valence-corrected chi connectivity index (χ3v) is 9.10. The maximum absolute atomic E-state index is 13.2. The first-order valence-electron chi connectivity index (χ1n) is 12.8. The van der Waals surface area contributed by atoms with Crippen molar-refractivity contribution in [1.29, 1.82) is 0 Å². The van der Waals surface area contributed by atoms with Crippen molar-refractivity contribution >= 4 is 40.4 Å². The van der Waals surface area contributed by atoms with Crippen molar-refractivity contribution in [2.24, 2.45) is 0 Å². The maximum atomic E-state index is 13.2. The molecule has 0 saturated heterocycles. The van der Waals surface area contributed by atoms with Gasteiger partial charge in [-0.25, -0.2) is 14.6 Å². The van der Waals surface area contributed by atoms with Gasteiger partial charge in [0.05, 0.1) is 9.88 Å². The average molecular weight is 550 g/mol. The summed E-state index contributed by atoms with van der Waals surface area (Å²) in [5, 5.41) is 13.3. The number of hydrogen-bond donors (Lipinski definition) is 2. The minimum atomic E-state index is -1.28. The van der Waals surface area contributed by atoms with Crippen LogP contribution in [0.5, 0.6) is 0 Å². The Bertz CT molecular complexity index is 1090. The van der Waals surface area contributed by atoms with Crippen molar-refractivity contribution in [3.8, 4) is 10.4 Å². The average Bonchev–Trinajstić information content (AvgIpc) is 3.27. The molecule has 0 aliphatic heterocycles. The lowest BCUT2D eigenvalue weighted by Gasteiger charge is -2.37. The Morgan fingerprint density at radius 1 is 1.19 bits per heavy atom. The number of ether oxygens (including phenoxy) is 1. The number of carboxylic acid groups (broad SMARTS) is 1. The highest BCUT2D eigenvalue weighted by molar-refractivity contribution is 7.92. The molecule has 1 unspecified atom stereocenters. The normalized spacial score (nSPS) is 19.1. The summed E-state index contributed by atoms with van der Waals surface area (Å²) in [7, 11) is 0. The van der Waals surface area contributed by atoms with Gasteiger partial charge in [-0.1, -0.05) is 0 Å². The molecule has 10 heteroatoms. The highest BCUT2D eigenvalue weighted by Crippen LogP contribution is 2.41.